The molecule has 0 heterocycles. The Morgan fingerprint density at radius 1 is 0.267 bits per heavy atom. The van der Waals surface area contributed by atoms with E-state index >= 15 is 0 Å². The van der Waals surface area contributed by atoms with E-state index in [1.54, 1.807) is 0 Å². The minimum absolute atomic E-state index is 0.108. The zero-order valence-electron chi connectivity index (χ0n) is 66.1. The van der Waals surface area contributed by atoms with Crippen molar-refractivity contribution in [1.82, 2.24) is 0 Å². The summed E-state index contributed by atoms with van der Waals surface area (Å²) in [5, 5.41) is 10.6. The molecule has 17 nitrogen and oxygen atoms in total. The van der Waals surface area contributed by atoms with Gasteiger partial charge in [-0.15, -0.1) is 0 Å². The maximum Gasteiger partial charge on any atom is 0.472 e. The molecule has 19 heteroatoms. The second-order valence-corrected chi connectivity index (χ2v) is 32.9. The van der Waals surface area contributed by atoms with E-state index in [2.05, 4.69) is 34.6 Å². The lowest BCUT2D eigenvalue weighted by molar-refractivity contribution is -0.161. The number of hydrogen-bond acceptors (Lipinski definition) is 15. The number of aliphatic hydroxyl groups excluding tert-OH is 1. The first-order valence-corrected chi connectivity index (χ1v) is 45.6. The summed E-state index contributed by atoms with van der Waals surface area (Å²) in [7, 11) is -9.91. The molecule has 0 amide bonds. The summed E-state index contributed by atoms with van der Waals surface area (Å²) in [6, 6.07) is 0. The van der Waals surface area contributed by atoms with Gasteiger partial charge in [-0.25, -0.2) is 9.13 Å². The molecule has 0 aliphatic carbocycles. The maximum atomic E-state index is 13.1. The number of hydrogen-bond donors (Lipinski definition) is 3. The second kappa shape index (κ2) is 74.9. The van der Waals surface area contributed by atoms with Crippen LogP contribution in [0.5, 0.6) is 0 Å². The van der Waals surface area contributed by atoms with Crippen LogP contribution in [-0.2, 0) is 65.4 Å². The lowest BCUT2D eigenvalue weighted by atomic mass is 10.0. The van der Waals surface area contributed by atoms with E-state index in [0.717, 1.165) is 109 Å². The number of rotatable bonds is 82. The lowest BCUT2D eigenvalue weighted by Gasteiger charge is -2.21. The van der Waals surface area contributed by atoms with E-state index in [-0.39, 0.29) is 25.7 Å². The van der Waals surface area contributed by atoms with Gasteiger partial charge in [0.1, 0.15) is 19.3 Å². The Labute approximate surface area is 619 Å². The highest BCUT2D eigenvalue weighted by molar-refractivity contribution is 7.47. The Balaban J connectivity index is 5.16. The predicted octanol–water partition coefficient (Wildman–Crippen LogP) is 24.8. The summed E-state index contributed by atoms with van der Waals surface area (Å²) in [5.41, 5.74) is 0. The summed E-state index contributed by atoms with van der Waals surface area (Å²) in [6.07, 6.45) is 66.8. The van der Waals surface area contributed by atoms with E-state index in [0.29, 0.717) is 25.7 Å². The van der Waals surface area contributed by atoms with Gasteiger partial charge in [0, 0.05) is 25.7 Å². The van der Waals surface area contributed by atoms with Crippen LogP contribution < -0.4 is 0 Å². The summed E-state index contributed by atoms with van der Waals surface area (Å²) in [4.78, 5) is 72.9. The minimum Gasteiger partial charge on any atom is -0.462 e. The Kier molecular flexibility index (Phi) is 73.5. The molecule has 5 atom stereocenters. The number of unbranched alkanes of at least 4 members (excludes halogenated alkanes) is 54. The molecule has 0 bridgehead atoms. The number of ether oxygens (including phenoxy) is 4. The molecule has 3 N–H and O–H groups in total. The summed E-state index contributed by atoms with van der Waals surface area (Å²) in [5.74, 6) is -1.29. The van der Waals surface area contributed by atoms with Crippen LogP contribution in [0.25, 0.3) is 0 Å². The number of esters is 4. The third-order valence-corrected chi connectivity index (χ3v) is 21.2. The molecule has 0 fully saturated rings. The van der Waals surface area contributed by atoms with Gasteiger partial charge in [-0.1, -0.05) is 388 Å². The smallest absolute Gasteiger partial charge is 0.462 e. The standard InChI is InChI=1S/C82H160O17P2/c1-6-9-12-15-18-20-22-24-26-27-28-32-35-39-42-46-51-56-61-66-80(85)93-72-78(99-82(87)68-63-58-53-48-44-40-36-33-30-29-31-34-37-41-45-50-54-59-64-75(4)5)74-97-101(90,91)95-70-76(83)69-94-100(88,89)96-73-77(71-92-79(84)65-60-55-49-17-14-11-8-3)98-81(86)67-62-57-52-47-43-38-25-23-21-19-16-13-10-7-2/h75-78,83H,6-74H2,1-5H3,(H,88,89)(H,90,91)/t76-,77+,78+/m0/s1. The van der Waals surface area contributed by atoms with Crippen LogP contribution in [0.3, 0.4) is 0 Å². The van der Waals surface area contributed by atoms with Crippen LogP contribution in [0.4, 0.5) is 0 Å². The largest absolute Gasteiger partial charge is 0.472 e. The van der Waals surface area contributed by atoms with Crippen LogP contribution in [0.15, 0.2) is 0 Å². The van der Waals surface area contributed by atoms with E-state index in [4.69, 9.17) is 37.0 Å². The molecule has 2 unspecified atom stereocenters. The molecule has 0 aliphatic rings. The first-order chi connectivity index (χ1) is 49.0. The molecule has 0 aromatic heterocycles. The summed E-state index contributed by atoms with van der Waals surface area (Å²) < 4.78 is 68.6. The monoisotopic (exact) mass is 1480 g/mol. The Morgan fingerprint density at radius 2 is 0.455 bits per heavy atom. The number of carbonyl (C=O) groups is 4. The fraction of sp³-hybridized carbons (Fsp3) is 0.951. The molecule has 0 saturated heterocycles. The highest BCUT2D eigenvalue weighted by Crippen LogP contribution is 2.45. The molecule has 0 aromatic rings. The minimum atomic E-state index is -4.96. The second-order valence-electron chi connectivity index (χ2n) is 30.0. The zero-order chi connectivity index (χ0) is 74.1. The van der Waals surface area contributed by atoms with Gasteiger partial charge >= 0.3 is 39.5 Å². The molecule has 600 valence electrons. The predicted molar refractivity (Wildman–Crippen MR) is 414 cm³/mol. The summed E-state index contributed by atoms with van der Waals surface area (Å²) in [6.45, 7) is 7.33. The molecule has 0 rings (SSSR count). The van der Waals surface area contributed by atoms with Gasteiger partial charge in [0.15, 0.2) is 12.2 Å². The van der Waals surface area contributed by atoms with E-state index in [1.165, 1.54) is 250 Å². The maximum absolute atomic E-state index is 13.1. The normalized spacial score (nSPS) is 13.8. The topological polar surface area (TPSA) is 237 Å². The molecule has 0 aromatic carbocycles. The van der Waals surface area contributed by atoms with Gasteiger partial charge in [0.2, 0.25) is 0 Å². The van der Waals surface area contributed by atoms with Gasteiger partial charge in [-0.2, -0.15) is 0 Å². The van der Waals surface area contributed by atoms with Gasteiger partial charge in [-0.3, -0.25) is 37.3 Å². The Morgan fingerprint density at radius 3 is 0.673 bits per heavy atom. The highest BCUT2D eigenvalue weighted by atomic mass is 31.2. The van der Waals surface area contributed by atoms with Crippen molar-refractivity contribution in [3.05, 3.63) is 0 Å². The molecule has 0 spiro atoms. The van der Waals surface area contributed by atoms with Gasteiger partial charge in [0.05, 0.1) is 26.4 Å². The number of phosphoric acid groups is 2. The van der Waals surface area contributed by atoms with Crippen molar-refractivity contribution >= 4 is 39.5 Å². The molecule has 0 aliphatic heterocycles. The Hall–Kier alpha value is -1.94. The molecule has 101 heavy (non-hydrogen) atoms. The molecular formula is C82H160O17P2. The van der Waals surface area contributed by atoms with Gasteiger partial charge in [0.25, 0.3) is 0 Å². The van der Waals surface area contributed by atoms with Crippen molar-refractivity contribution in [2.45, 2.75) is 457 Å². The van der Waals surface area contributed by atoms with Crippen LogP contribution in [0.1, 0.15) is 439 Å². The third kappa shape index (κ3) is 76.1. The lowest BCUT2D eigenvalue weighted by Crippen LogP contribution is -2.30. The van der Waals surface area contributed by atoms with Crippen LogP contribution in [-0.4, -0.2) is 96.7 Å². The van der Waals surface area contributed by atoms with E-state index < -0.39 is 97.5 Å². The fourth-order valence-corrected chi connectivity index (χ4v) is 14.3. The van der Waals surface area contributed by atoms with Gasteiger partial charge < -0.3 is 33.8 Å². The first kappa shape index (κ1) is 99.1. The molecular weight excluding hydrogens is 1320 g/mol. The molecule has 0 radical (unpaired) electrons. The van der Waals surface area contributed by atoms with Gasteiger partial charge in [-0.05, 0) is 31.6 Å². The number of phosphoric ester groups is 2. The fourth-order valence-electron chi connectivity index (χ4n) is 12.8. The van der Waals surface area contributed by atoms with Crippen molar-refractivity contribution in [1.29, 1.82) is 0 Å². The van der Waals surface area contributed by atoms with Crippen molar-refractivity contribution in [2.75, 3.05) is 39.6 Å². The zero-order valence-corrected chi connectivity index (χ0v) is 67.8. The Bertz CT molecular complexity index is 1930. The van der Waals surface area contributed by atoms with Crippen molar-refractivity contribution in [2.24, 2.45) is 5.92 Å². The molecule has 0 saturated carbocycles. The van der Waals surface area contributed by atoms with Crippen molar-refractivity contribution in [3.8, 4) is 0 Å². The van der Waals surface area contributed by atoms with E-state index in [1.807, 2.05) is 0 Å². The quantitative estimate of drug-likeness (QED) is 0.0222. The van der Waals surface area contributed by atoms with Crippen LogP contribution in [0.2, 0.25) is 0 Å². The average Bonchev–Trinajstić information content (AvgIpc) is 0.921. The van der Waals surface area contributed by atoms with Crippen molar-refractivity contribution in [3.63, 3.8) is 0 Å². The van der Waals surface area contributed by atoms with Crippen LogP contribution >= 0.6 is 15.6 Å². The SMILES string of the molecule is CCCCCCCCCCCCCCCCCCCCCC(=O)OC[C@H](COP(=O)(O)OC[C@@H](O)COP(=O)(O)OC[C@@H](COC(=O)CCCCCCCCC)OC(=O)CCCCCCCCCCCCCCCC)OC(=O)CCCCCCCCCCCCCCCCCCCCC(C)C. The highest BCUT2D eigenvalue weighted by Gasteiger charge is 2.30. The first-order valence-electron chi connectivity index (χ1n) is 42.6. The third-order valence-electron chi connectivity index (χ3n) is 19.3. The average molecular weight is 1480 g/mol. The number of aliphatic hydroxyl groups is 1. The number of carbonyl (C=O) groups excluding carboxylic acids is 4. The van der Waals surface area contributed by atoms with Crippen LogP contribution in [0, 0.1) is 5.92 Å². The van der Waals surface area contributed by atoms with E-state index in [9.17, 15) is 43.2 Å². The van der Waals surface area contributed by atoms with Crippen molar-refractivity contribution < 1.29 is 80.2 Å². The summed E-state index contributed by atoms with van der Waals surface area (Å²) >= 11 is 0.